The lowest BCUT2D eigenvalue weighted by Crippen LogP contribution is -2.27. The minimum atomic E-state index is 0.601. The quantitative estimate of drug-likeness (QED) is 0.458. The van der Waals surface area contributed by atoms with Crippen molar-refractivity contribution in [2.24, 2.45) is 0 Å². The standard InChI is InChI=1S/C11H19N3S/c1-4-10(3)12-5-6-15-11-13-7-9(2)8-14-11/h7-8,10,12H,4-6H2,1-3H3. The van der Waals surface area contributed by atoms with Crippen molar-refractivity contribution in [2.45, 2.75) is 38.4 Å². The van der Waals surface area contributed by atoms with Crippen molar-refractivity contribution in [2.75, 3.05) is 12.3 Å². The first-order valence-electron chi connectivity index (χ1n) is 5.37. The van der Waals surface area contributed by atoms with Gasteiger partial charge in [0, 0.05) is 30.7 Å². The number of aryl methyl sites for hydroxylation is 1. The van der Waals surface area contributed by atoms with E-state index in [2.05, 4.69) is 29.1 Å². The Morgan fingerprint density at radius 1 is 1.40 bits per heavy atom. The lowest BCUT2D eigenvalue weighted by molar-refractivity contribution is 0.555. The van der Waals surface area contributed by atoms with Gasteiger partial charge in [-0.1, -0.05) is 18.7 Å². The maximum Gasteiger partial charge on any atom is 0.187 e. The minimum Gasteiger partial charge on any atom is -0.313 e. The van der Waals surface area contributed by atoms with Crippen LogP contribution >= 0.6 is 11.8 Å². The van der Waals surface area contributed by atoms with Gasteiger partial charge in [-0.3, -0.25) is 0 Å². The summed E-state index contributed by atoms with van der Waals surface area (Å²) in [7, 11) is 0. The average Bonchev–Trinajstić information content (AvgIpc) is 2.26. The van der Waals surface area contributed by atoms with Crippen molar-refractivity contribution in [1.82, 2.24) is 15.3 Å². The largest absolute Gasteiger partial charge is 0.313 e. The van der Waals surface area contributed by atoms with Gasteiger partial charge >= 0.3 is 0 Å². The summed E-state index contributed by atoms with van der Waals surface area (Å²) in [4.78, 5) is 8.48. The van der Waals surface area contributed by atoms with Crippen LogP contribution in [-0.4, -0.2) is 28.3 Å². The first-order valence-corrected chi connectivity index (χ1v) is 6.35. The fraction of sp³-hybridized carbons (Fsp3) is 0.636. The van der Waals surface area contributed by atoms with Gasteiger partial charge in [-0.15, -0.1) is 0 Å². The molecule has 0 radical (unpaired) electrons. The van der Waals surface area contributed by atoms with Gasteiger partial charge in [-0.2, -0.15) is 0 Å². The number of rotatable bonds is 6. The van der Waals surface area contributed by atoms with Crippen LogP contribution in [0.1, 0.15) is 25.8 Å². The molecule has 1 aromatic rings. The van der Waals surface area contributed by atoms with Gasteiger partial charge in [0.2, 0.25) is 0 Å². The molecule has 1 aromatic heterocycles. The molecule has 1 atom stereocenters. The third kappa shape index (κ3) is 5.14. The molecule has 0 saturated heterocycles. The van der Waals surface area contributed by atoms with Crippen LogP contribution in [0.4, 0.5) is 0 Å². The predicted molar refractivity (Wildman–Crippen MR) is 65.2 cm³/mol. The van der Waals surface area contributed by atoms with E-state index in [-0.39, 0.29) is 0 Å². The fourth-order valence-electron chi connectivity index (χ4n) is 1.05. The summed E-state index contributed by atoms with van der Waals surface area (Å²) in [5.41, 5.74) is 1.11. The maximum atomic E-state index is 4.24. The van der Waals surface area contributed by atoms with E-state index in [9.17, 15) is 0 Å². The molecule has 1 rings (SSSR count). The van der Waals surface area contributed by atoms with Gasteiger partial charge in [0.05, 0.1) is 0 Å². The van der Waals surface area contributed by atoms with Gasteiger partial charge in [0.1, 0.15) is 0 Å². The van der Waals surface area contributed by atoms with Gasteiger partial charge in [-0.25, -0.2) is 9.97 Å². The van der Waals surface area contributed by atoms with E-state index in [1.807, 2.05) is 19.3 Å². The highest BCUT2D eigenvalue weighted by atomic mass is 32.2. The highest BCUT2D eigenvalue weighted by molar-refractivity contribution is 7.99. The monoisotopic (exact) mass is 225 g/mol. The molecular formula is C11H19N3S. The van der Waals surface area contributed by atoms with Gasteiger partial charge in [0.25, 0.3) is 0 Å². The fourth-order valence-corrected chi connectivity index (χ4v) is 1.70. The molecule has 1 heterocycles. The topological polar surface area (TPSA) is 37.8 Å². The zero-order chi connectivity index (χ0) is 11.1. The Balaban J connectivity index is 2.17. The molecule has 0 aromatic carbocycles. The molecule has 0 aliphatic rings. The zero-order valence-electron chi connectivity index (χ0n) is 9.66. The van der Waals surface area contributed by atoms with E-state index in [1.165, 1.54) is 6.42 Å². The van der Waals surface area contributed by atoms with Crippen molar-refractivity contribution in [1.29, 1.82) is 0 Å². The Kier molecular flexibility index (Phi) is 5.65. The highest BCUT2D eigenvalue weighted by Crippen LogP contribution is 2.10. The summed E-state index contributed by atoms with van der Waals surface area (Å²) in [6.45, 7) is 7.40. The number of nitrogens with zero attached hydrogens (tertiary/aromatic N) is 2. The Bertz CT molecular complexity index is 274. The van der Waals surface area contributed by atoms with Gasteiger partial charge in [0.15, 0.2) is 5.16 Å². The zero-order valence-corrected chi connectivity index (χ0v) is 10.5. The van der Waals surface area contributed by atoms with Crippen LogP contribution in [-0.2, 0) is 0 Å². The summed E-state index contributed by atoms with van der Waals surface area (Å²) in [5.74, 6) is 1.02. The van der Waals surface area contributed by atoms with Crippen LogP contribution in [0.5, 0.6) is 0 Å². The van der Waals surface area contributed by atoms with E-state index in [4.69, 9.17) is 0 Å². The highest BCUT2D eigenvalue weighted by Gasteiger charge is 1.99. The summed E-state index contributed by atoms with van der Waals surface area (Å²) >= 11 is 1.70. The molecule has 0 bridgehead atoms. The van der Waals surface area contributed by atoms with Crippen molar-refractivity contribution in [3.8, 4) is 0 Å². The Morgan fingerprint density at radius 3 is 2.67 bits per heavy atom. The second-order valence-electron chi connectivity index (χ2n) is 3.65. The van der Waals surface area contributed by atoms with Crippen LogP contribution in [0.15, 0.2) is 17.6 Å². The van der Waals surface area contributed by atoms with Gasteiger partial charge in [-0.05, 0) is 25.8 Å². The molecule has 0 fully saturated rings. The lowest BCUT2D eigenvalue weighted by atomic mass is 10.3. The molecule has 0 spiro atoms. The Hall–Kier alpha value is -0.610. The van der Waals surface area contributed by atoms with Crippen molar-refractivity contribution in [3.63, 3.8) is 0 Å². The second kappa shape index (κ2) is 6.80. The molecule has 0 aliphatic heterocycles. The van der Waals surface area contributed by atoms with E-state index < -0.39 is 0 Å². The molecule has 1 N–H and O–H groups in total. The van der Waals surface area contributed by atoms with E-state index >= 15 is 0 Å². The molecule has 15 heavy (non-hydrogen) atoms. The van der Waals surface area contributed by atoms with E-state index in [1.54, 1.807) is 11.8 Å². The minimum absolute atomic E-state index is 0.601. The Labute approximate surface area is 96.1 Å². The van der Waals surface area contributed by atoms with Crippen LogP contribution in [0.25, 0.3) is 0 Å². The first kappa shape index (κ1) is 12.5. The van der Waals surface area contributed by atoms with Crippen LogP contribution in [0.3, 0.4) is 0 Å². The Morgan fingerprint density at radius 2 is 2.07 bits per heavy atom. The van der Waals surface area contributed by atoms with Crippen molar-refractivity contribution in [3.05, 3.63) is 18.0 Å². The molecular weight excluding hydrogens is 206 g/mol. The SMILES string of the molecule is CCC(C)NCCSc1ncc(C)cn1. The molecule has 3 nitrogen and oxygen atoms in total. The predicted octanol–water partition coefficient (Wildman–Crippen LogP) is 2.27. The second-order valence-corrected chi connectivity index (χ2v) is 4.72. The lowest BCUT2D eigenvalue weighted by Gasteiger charge is -2.09. The number of thioether (sulfide) groups is 1. The summed E-state index contributed by atoms with van der Waals surface area (Å²) in [6.07, 6.45) is 4.89. The third-order valence-electron chi connectivity index (χ3n) is 2.20. The normalized spacial score (nSPS) is 12.7. The average molecular weight is 225 g/mol. The first-order chi connectivity index (χ1) is 7.22. The number of hydrogen-bond donors (Lipinski definition) is 1. The third-order valence-corrected chi connectivity index (χ3v) is 3.07. The van der Waals surface area contributed by atoms with Crippen molar-refractivity contribution >= 4 is 11.8 Å². The van der Waals surface area contributed by atoms with E-state index in [0.29, 0.717) is 6.04 Å². The van der Waals surface area contributed by atoms with Crippen LogP contribution in [0.2, 0.25) is 0 Å². The number of hydrogen-bond acceptors (Lipinski definition) is 4. The molecule has 0 saturated carbocycles. The number of nitrogens with one attached hydrogen (secondary N) is 1. The summed E-state index contributed by atoms with van der Waals surface area (Å²) in [5, 5.41) is 4.30. The van der Waals surface area contributed by atoms with E-state index in [0.717, 1.165) is 23.0 Å². The van der Waals surface area contributed by atoms with Crippen LogP contribution < -0.4 is 5.32 Å². The molecule has 0 amide bonds. The summed E-state index contributed by atoms with van der Waals surface area (Å²) in [6, 6.07) is 0.601. The molecule has 84 valence electrons. The maximum absolute atomic E-state index is 4.24. The van der Waals surface area contributed by atoms with Crippen LogP contribution in [0, 0.1) is 6.92 Å². The smallest absolute Gasteiger partial charge is 0.187 e. The molecule has 4 heteroatoms. The molecule has 0 aliphatic carbocycles. The molecule has 1 unspecified atom stereocenters. The van der Waals surface area contributed by atoms with Crippen molar-refractivity contribution < 1.29 is 0 Å². The van der Waals surface area contributed by atoms with Gasteiger partial charge < -0.3 is 5.32 Å². The summed E-state index contributed by atoms with van der Waals surface area (Å²) < 4.78 is 0. The number of aromatic nitrogens is 2.